The van der Waals surface area contributed by atoms with Crippen molar-refractivity contribution in [1.29, 1.82) is 0 Å². The second-order valence-corrected chi connectivity index (χ2v) is 4.37. The van der Waals surface area contributed by atoms with Crippen LogP contribution in [0.25, 0.3) is 0 Å². The van der Waals surface area contributed by atoms with Crippen molar-refractivity contribution >= 4 is 23.9 Å². The average molecular weight is 372 g/mol. The number of allylic oxidation sites excluding steroid dienone is 2. The molecule has 148 valence electrons. The number of ether oxygens (including phenoxy) is 4. The van der Waals surface area contributed by atoms with Gasteiger partial charge in [-0.1, -0.05) is 25.3 Å². The number of carbonyl (C=O) groups excluding carboxylic acids is 4. The van der Waals surface area contributed by atoms with Crippen LogP contribution in [0, 0.1) is 0 Å². The Kier molecular flexibility index (Phi) is 19.8. The van der Waals surface area contributed by atoms with Crippen LogP contribution in [0.2, 0.25) is 0 Å². The number of rotatable bonds is 6. The molecule has 0 aromatic rings. The van der Waals surface area contributed by atoms with Gasteiger partial charge in [0.25, 0.3) is 0 Å². The third kappa shape index (κ3) is 21.1. The van der Waals surface area contributed by atoms with Crippen LogP contribution in [-0.4, -0.2) is 51.3 Å². The molecule has 0 amide bonds. The second-order valence-electron chi connectivity index (χ2n) is 4.37. The van der Waals surface area contributed by atoms with Crippen molar-refractivity contribution in [3.63, 3.8) is 0 Å². The highest BCUT2D eigenvalue weighted by Crippen LogP contribution is 2.08. The third-order valence-corrected chi connectivity index (χ3v) is 2.35. The van der Waals surface area contributed by atoms with Gasteiger partial charge in [-0.2, -0.15) is 0 Å². The number of carbonyl (C=O) groups is 4. The van der Waals surface area contributed by atoms with Gasteiger partial charge < -0.3 is 18.9 Å². The molecule has 0 aliphatic carbocycles. The van der Waals surface area contributed by atoms with Crippen molar-refractivity contribution in [3.05, 3.63) is 36.5 Å². The Morgan fingerprint density at radius 3 is 1.38 bits per heavy atom. The predicted molar refractivity (Wildman–Crippen MR) is 96.1 cm³/mol. The van der Waals surface area contributed by atoms with E-state index in [2.05, 4.69) is 27.4 Å². The zero-order valence-corrected chi connectivity index (χ0v) is 16.2. The van der Waals surface area contributed by atoms with E-state index < -0.39 is 11.9 Å². The van der Waals surface area contributed by atoms with Crippen LogP contribution in [0.1, 0.15) is 27.7 Å². The predicted octanol–water partition coefficient (Wildman–Crippen LogP) is 2.14. The molecule has 0 N–H and O–H groups in total. The maximum Gasteiger partial charge on any atom is 0.338 e. The highest BCUT2D eigenvalue weighted by molar-refractivity contribution is 5.92. The molecule has 0 spiro atoms. The Bertz CT molecular complexity index is 503. The molecule has 0 aliphatic heterocycles. The summed E-state index contributed by atoms with van der Waals surface area (Å²) in [5.74, 6) is -1.40. The first-order valence-corrected chi connectivity index (χ1v) is 7.42. The van der Waals surface area contributed by atoms with E-state index in [1.54, 1.807) is 13.0 Å². The monoisotopic (exact) mass is 372 g/mol. The minimum absolute atomic E-state index is 0.0280. The van der Waals surface area contributed by atoms with Crippen LogP contribution in [0.15, 0.2) is 36.5 Å². The quantitative estimate of drug-likeness (QED) is 0.230. The zero-order chi connectivity index (χ0) is 21.1. The zero-order valence-electron chi connectivity index (χ0n) is 16.2. The Balaban J connectivity index is -0.000000433. The molecule has 26 heavy (non-hydrogen) atoms. The highest BCUT2D eigenvalue weighted by Gasteiger charge is 2.09. The van der Waals surface area contributed by atoms with Gasteiger partial charge in [0.1, 0.15) is 13.2 Å². The van der Waals surface area contributed by atoms with E-state index in [-0.39, 0.29) is 25.2 Å². The lowest BCUT2D eigenvalue weighted by Gasteiger charge is -2.06. The molecule has 0 radical (unpaired) electrons. The van der Waals surface area contributed by atoms with Gasteiger partial charge >= 0.3 is 23.9 Å². The van der Waals surface area contributed by atoms with Gasteiger partial charge in [0, 0.05) is 20.8 Å². The standard InChI is InChI=1S/C12H16O4.2C3H6O2/c1-5-9(3)11(6-2)12(14)16-8-7-15-10(4)13;2*1-3(4)5-2/h5-6H,1-2,7-8H2,3-4H3;2*1-2H3/b11-9+;;. The van der Waals surface area contributed by atoms with E-state index in [0.717, 1.165) is 0 Å². The fraction of sp³-hybridized carbons (Fsp3) is 0.444. The number of hydrogen-bond acceptors (Lipinski definition) is 8. The Morgan fingerprint density at radius 1 is 0.731 bits per heavy atom. The van der Waals surface area contributed by atoms with Gasteiger partial charge in [-0.05, 0) is 12.5 Å². The van der Waals surface area contributed by atoms with Gasteiger partial charge in [0.15, 0.2) is 0 Å². The minimum atomic E-state index is -0.500. The summed E-state index contributed by atoms with van der Waals surface area (Å²) >= 11 is 0. The van der Waals surface area contributed by atoms with E-state index in [1.165, 1.54) is 41.1 Å². The van der Waals surface area contributed by atoms with Crippen molar-refractivity contribution in [2.24, 2.45) is 0 Å². The molecule has 0 saturated heterocycles. The molecule has 0 rings (SSSR count). The summed E-state index contributed by atoms with van der Waals surface area (Å²) in [7, 11) is 2.70. The fourth-order valence-electron chi connectivity index (χ4n) is 0.913. The lowest BCUT2D eigenvalue weighted by molar-refractivity contribution is -0.148. The molecule has 0 atom stereocenters. The molecular weight excluding hydrogens is 344 g/mol. The summed E-state index contributed by atoms with van der Waals surface area (Å²) in [4.78, 5) is 41.1. The first-order valence-electron chi connectivity index (χ1n) is 7.42. The minimum Gasteiger partial charge on any atom is -0.469 e. The van der Waals surface area contributed by atoms with E-state index in [1.807, 2.05) is 0 Å². The van der Waals surface area contributed by atoms with Crippen molar-refractivity contribution in [3.8, 4) is 0 Å². The first-order chi connectivity index (χ1) is 12.1. The van der Waals surface area contributed by atoms with Crippen LogP contribution in [0.3, 0.4) is 0 Å². The molecule has 0 bridgehead atoms. The molecule has 0 aromatic carbocycles. The number of esters is 4. The van der Waals surface area contributed by atoms with Crippen molar-refractivity contribution < 1.29 is 38.1 Å². The summed E-state index contributed by atoms with van der Waals surface area (Å²) in [6, 6.07) is 0. The van der Waals surface area contributed by atoms with Gasteiger partial charge in [0.2, 0.25) is 0 Å². The Labute approximate surface area is 154 Å². The summed E-state index contributed by atoms with van der Waals surface area (Å²) in [6.45, 7) is 12.9. The van der Waals surface area contributed by atoms with Gasteiger partial charge in [-0.15, -0.1) is 0 Å². The maximum atomic E-state index is 11.5. The van der Waals surface area contributed by atoms with Gasteiger partial charge in [-0.25, -0.2) is 4.79 Å². The van der Waals surface area contributed by atoms with Crippen LogP contribution in [0.5, 0.6) is 0 Å². The summed E-state index contributed by atoms with van der Waals surface area (Å²) < 4.78 is 17.7. The largest absolute Gasteiger partial charge is 0.469 e. The van der Waals surface area contributed by atoms with Crippen LogP contribution < -0.4 is 0 Å². The van der Waals surface area contributed by atoms with Crippen molar-refractivity contribution in [2.75, 3.05) is 27.4 Å². The molecule has 8 heteroatoms. The lowest BCUT2D eigenvalue weighted by atomic mass is 10.1. The SMILES string of the molecule is C=C/C(C)=C(\C=C)C(=O)OCCOC(C)=O.COC(C)=O.COC(C)=O. The van der Waals surface area contributed by atoms with E-state index in [4.69, 9.17) is 4.74 Å². The Hall–Kier alpha value is -2.90. The van der Waals surface area contributed by atoms with Crippen LogP contribution in [-0.2, 0) is 38.1 Å². The van der Waals surface area contributed by atoms with Crippen LogP contribution >= 0.6 is 0 Å². The third-order valence-electron chi connectivity index (χ3n) is 2.35. The van der Waals surface area contributed by atoms with Gasteiger partial charge in [-0.3, -0.25) is 14.4 Å². The molecule has 0 unspecified atom stereocenters. The normalized spacial score (nSPS) is 9.46. The smallest absolute Gasteiger partial charge is 0.338 e. The van der Waals surface area contributed by atoms with Crippen LogP contribution in [0.4, 0.5) is 0 Å². The van der Waals surface area contributed by atoms with Gasteiger partial charge in [0.05, 0.1) is 19.8 Å². The van der Waals surface area contributed by atoms with E-state index in [9.17, 15) is 19.2 Å². The highest BCUT2D eigenvalue weighted by atomic mass is 16.6. The maximum absolute atomic E-state index is 11.5. The summed E-state index contributed by atoms with van der Waals surface area (Å²) in [5, 5.41) is 0. The van der Waals surface area contributed by atoms with Crippen molar-refractivity contribution in [2.45, 2.75) is 27.7 Å². The molecule has 0 saturated carbocycles. The number of hydrogen-bond donors (Lipinski definition) is 0. The lowest BCUT2D eigenvalue weighted by Crippen LogP contribution is -2.13. The molecule has 0 fully saturated rings. The number of methoxy groups -OCH3 is 2. The molecule has 0 aromatic heterocycles. The van der Waals surface area contributed by atoms with Crippen molar-refractivity contribution in [1.82, 2.24) is 0 Å². The summed E-state index contributed by atoms with van der Waals surface area (Å²) in [5.41, 5.74) is 1.05. The van der Waals surface area contributed by atoms with E-state index >= 15 is 0 Å². The molecule has 8 nitrogen and oxygen atoms in total. The molecule has 0 aliphatic rings. The first kappa shape index (κ1) is 27.9. The second kappa shape index (κ2) is 18.4. The molecule has 0 heterocycles. The topological polar surface area (TPSA) is 105 Å². The van der Waals surface area contributed by atoms with E-state index in [0.29, 0.717) is 11.1 Å². The Morgan fingerprint density at radius 2 is 1.12 bits per heavy atom. The average Bonchev–Trinajstić information content (AvgIpc) is 2.59. The molecular formula is C18H28O8. The summed E-state index contributed by atoms with van der Waals surface area (Å²) in [6.07, 6.45) is 2.95. The fourth-order valence-corrected chi connectivity index (χ4v) is 0.913.